The molecule has 3 aliphatic rings. The second-order valence-corrected chi connectivity index (χ2v) is 8.81. The van der Waals surface area contributed by atoms with E-state index in [9.17, 15) is 9.59 Å². The number of aryl methyl sites for hydroxylation is 1. The molecule has 1 saturated carbocycles. The van der Waals surface area contributed by atoms with Crippen LogP contribution in [0.2, 0.25) is 0 Å². The fraction of sp³-hybridized carbons (Fsp3) is 0.458. The summed E-state index contributed by atoms with van der Waals surface area (Å²) in [7, 11) is 0. The Balaban J connectivity index is 1.21. The summed E-state index contributed by atoms with van der Waals surface area (Å²) in [5, 5.41) is 0. The molecule has 1 aliphatic carbocycles. The summed E-state index contributed by atoms with van der Waals surface area (Å²) in [5.74, 6) is 1.77. The first-order valence-corrected chi connectivity index (χ1v) is 11.1. The highest BCUT2D eigenvalue weighted by molar-refractivity contribution is 5.96. The molecule has 1 aromatic carbocycles. The third kappa shape index (κ3) is 3.84. The van der Waals surface area contributed by atoms with Gasteiger partial charge in [0, 0.05) is 43.6 Å². The normalized spacial score (nSPS) is 21.4. The summed E-state index contributed by atoms with van der Waals surface area (Å²) in [6.45, 7) is 7.35. The Kier molecular flexibility index (Phi) is 5.04. The van der Waals surface area contributed by atoms with Crippen molar-refractivity contribution in [2.45, 2.75) is 38.6 Å². The third-order valence-corrected chi connectivity index (χ3v) is 6.46. The molecule has 2 amide bonds. The average molecular weight is 421 g/mol. The van der Waals surface area contributed by atoms with Crippen molar-refractivity contribution in [2.75, 3.05) is 42.6 Å². The quantitative estimate of drug-likeness (QED) is 0.757. The van der Waals surface area contributed by atoms with Crippen LogP contribution >= 0.6 is 0 Å². The topological polar surface area (TPSA) is 66.0 Å². The summed E-state index contributed by atoms with van der Waals surface area (Å²) < 4.78 is 5.08. The number of pyridine rings is 1. The second kappa shape index (κ2) is 7.87. The highest BCUT2D eigenvalue weighted by Crippen LogP contribution is 2.40. The lowest BCUT2D eigenvalue weighted by atomic mass is 10.1. The monoisotopic (exact) mass is 420 g/mol. The van der Waals surface area contributed by atoms with Crippen molar-refractivity contribution < 1.29 is 14.3 Å². The number of piperazine rings is 1. The van der Waals surface area contributed by atoms with Crippen LogP contribution in [0.5, 0.6) is 0 Å². The molecule has 0 spiro atoms. The number of ether oxygens (including phenoxy) is 1. The Morgan fingerprint density at radius 2 is 1.81 bits per heavy atom. The SMILES string of the molecule is Cc1cc(C2CC2)cnc1N1CCN(C(=O)c2ccc(N3C(=O)OCC3C)cc2)CC1. The largest absolute Gasteiger partial charge is 0.447 e. The van der Waals surface area contributed by atoms with Gasteiger partial charge in [0.1, 0.15) is 12.4 Å². The van der Waals surface area contributed by atoms with E-state index in [1.54, 1.807) is 17.0 Å². The molecule has 5 rings (SSSR count). The third-order valence-electron chi connectivity index (χ3n) is 6.46. The first-order valence-electron chi connectivity index (χ1n) is 11.1. The molecular weight excluding hydrogens is 392 g/mol. The number of benzene rings is 1. The smallest absolute Gasteiger partial charge is 0.414 e. The van der Waals surface area contributed by atoms with Gasteiger partial charge in [-0.05, 0) is 68.0 Å². The maximum absolute atomic E-state index is 13.0. The van der Waals surface area contributed by atoms with Gasteiger partial charge in [-0.15, -0.1) is 0 Å². The number of hydrogen-bond acceptors (Lipinski definition) is 5. The fourth-order valence-electron chi connectivity index (χ4n) is 4.50. The van der Waals surface area contributed by atoms with Gasteiger partial charge >= 0.3 is 6.09 Å². The highest BCUT2D eigenvalue weighted by Gasteiger charge is 2.31. The second-order valence-electron chi connectivity index (χ2n) is 8.81. The number of carbonyl (C=O) groups excluding carboxylic acids is 2. The Morgan fingerprint density at radius 1 is 1.10 bits per heavy atom. The molecule has 2 aliphatic heterocycles. The first-order chi connectivity index (χ1) is 15.0. The predicted octanol–water partition coefficient (Wildman–Crippen LogP) is 3.57. The molecule has 1 unspecified atom stereocenters. The molecule has 1 aromatic heterocycles. The number of rotatable bonds is 4. The van der Waals surface area contributed by atoms with Crippen molar-refractivity contribution >= 4 is 23.5 Å². The van der Waals surface area contributed by atoms with Gasteiger partial charge in [-0.1, -0.05) is 6.07 Å². The van der Waals surface area contributed by atoms with Crippen LogP contribution in [-0.4, -0.2) is 60.7 Å². The number of amides is 2. The summed E-state index contributed by atoms with van der Waals surface area (Å²) in [6, 6.07) is 9.51. The zero-order chi connectivity index (χ0) is 21.5. The summed E-state index contributed by atoms with van der Waals surface area (Å²) in [6.07, 6.45) is 4.25. The van der Waals surface area contributed by atoms with Crippen molar-refractivity contribution in [3.8, 4) is 0 Å². The zero-order valence-corrected chi connectivity index (χ0v) is 18.1. The van der Waals surface area contributed by atoms with Crippen molar-refractivity contribution in [3.05, 3.63) is 53.2 Å². The van der Waals surface area contributed by atoms with E-state index in [1.807, 2.05) is 30.2 Å². The zero-order valence-electron chi connectivity index (χ0n) is 18.1. The molecule has 2 aromatic rings. The van der Waals surface area contributed by atoms with Crippen LogP contribution in [0.3, 0.4) is 0 Å². The number of anilines is 2. The van der Waals surface area contributed by atoms with Crippen LogP contribution in [0.25, 0.3) is 0 Å². The molecule has 3 heterocycles. The van der Waals surface area contributed by atoms with E-state index < -0.39 is 0 Å². The first kappa shape index (κ1) is 19.8. The van der Waals surface area contributed by atoms with E-state index in [0.717, 1.165) is 24.6 Å². The molecule has 3 fully saturated rings. The van der Waals surface area contributed by atoms with Crippen LogP contribution in [0.4, 0.5) is 16.3 Å². The molecule has 1 atom stereocenters. The van der Waals surface area contributed by atoms with Gasteiger partial charge in [-0.2, -0.15) is 0 Å². The van der Waals surface area contributed by atoms with Crippen molar-refractivity contribution in [1.82, 2.24) is 9.88 Å². The molecule has 0 N–H and O–H groups in total. The Morgan fingerprint density at radius 3 is 2.39 bits per heavy atom. The van der Waals surface area contributed by atoms with E-state index in [1.165, 1.54) is 24.0 Å². The van der Waals surface area contributed by atoms with Gasteiger partial charge in [-0.25, -0.2) is 9.78 Å². The van der Waals surface area contributed by atoms with Crippen LogP contribution in [-0.2, 0) is 4.74 Å². The highest BCUT2D eigenvalue weighted by atomic mass is 16.6. The van der Waals surface area contributed by atoms with Gasteiger partial charge in [0.05, 0.1) is 6.04 Å². The van der Waals surface area contributed by atoms with Gasteiger partial charge in [0.25, 0.3) is 5.91 Å². The number of cyclic esters (lactones) is 1. The maximum Gasteiger partial charge on any atom is 0.414 e. The lowest BCUT2D eigenvalue weighted by Crippen LogP contribution is -2.49. The van der Waals surface area contributed by atoms with E-state index in [0.29, 0.717) is 31.2 Å². The minimum atomic E-state index is -0.336. The van der Waals surface area contributed by atoms with Crippen LogP contribution in [0, 0.1) is 6.92 Å². The lowest BCUT2D eigenvalue weighted by Gasteiger charge is -2.36. The predicted molar refractivity (Wildman–Crippen MR) is 119 cm³/mol. The Hall–Kier alpha value is -3.09. The number of carbonyl (C=O) groups is 2. The van der Waals surface area contributed by atoms with Gasteiger partial charge in [-0.3, -0.25) is 9.69 Å². The fourth-order valence-corrected chi connectivity index (χ4v) is 4.50. The molecule has 0 radical (unpaired) electrons. The van der Waals surface area contributed by atoms with Gasteiger partial charge in [0.15, 0.2) is 0 Å². The molecule has 31 heavy (non-hydrogen) atoms. The van der Waals surface area contributed by atoms with Crippen LogP contribution in [0.15, 0.2) is 36.5 Å². The van der Waals surface area contributed by atoms with Crippen molar-refractivity contribution in [2.24, 2.45) is 0 Å². The molecule has 0 bridgehead atoms. The summed E-state index contributed by atoms with van der Waals surface area (Å²) in [5.41, 5.74) is 3.97. The molecule has 162 valence electrons. The lowest BCUT2D eigenvalue weighted by molar-refractivity contribution is 0.0746. The number of aromatic nitrogens is 1. The van der Waals surface area contributed by atoms with E-state index in [2.05, 4.69) is 17.9 Å². The van der Waals surface area contributed by atoms with Crippen molar-refractivity contribution in [1.29, 1.82) is 0 Å². The standard InChI is InChI=1S/C24H28N4O3/c1-16-13-20(18-3-4-18)14-25-22(16)26-9-11-27(12-10-26)23(29)19-5-7-21(8-6-19)28-17(2)15-31-24(28)30/h5-8,13-14,17-18H,3-4,9-12,15H2,1-2H3. The van der Waals surface area contributed by atoms with E-state index >= 15 is 0 Å². The molecule has 7 heteroatoms. The molecule has 7 nitrogen and oxygen atoms in total. The average Bonchev–Trinajstić information content (AvgIpc) is 3.58. The molecular formula is C24H28N4O3. The molecule has 2 saturated heterocycles. The van der Waals surface area contributed by atoms with Crippen LogP contribution < -0.4 is 9.80 Å². The minimum Gasteiger partial charge on any atom is -0.447 e. The van der Waals surface area contributed by atoms with E-state index in [4.69, 9.17) is 9.72 Å². The summed E-state index contributed by atoms with van der Waals surface area (Å²) in [4.78, 5) is 35.4. The number of hydrogen-bond donors (Lipinski definition) is 0. The van der Waals surface area contributed by atoms with Crippen molar-refractivity contribution in [3.63, 3.8) is 0 Å². The Bertz CT molecular complexity index is 994. The summed E-state index contributed by atoms with van der Waals surface area (Å²) >= 11 is 0. The van der Waals surface area contributed by atoms with Crippen LogP contribution in [0.1, 0.15) is 47.2 Å². The van der Waals surface area contributed by atoms with Gasteiger partial charge < -0.3 is 14.5 Å². The number of nitrogens with zero attached hydrogens (tertiary/aromatic N) is 4. The maximum atomic E-state index is 13.0. The van der Waals surface area contributed by atoms with Gasteiger partial charge in [0.2, 0.25) is 0 Å². The van der Waals surface area contributed by atoms with E-state index in [-0.39, 0.29) is 18.0 Å². The Labute approximate surface area is 182 Å². The minimum absolute atomic E-state index is 0.00228.